The third-order valence-electron chi connectivity index (χ3n) is 2.80. The zero-order chi connectivity index (χ0) is 12.3. The Morgan fingerprint density at radius 2 is 1.94 bits per heavy atom. The number of rotatable bonds is 3. The van der Waals surface area contributed by atoms with Crippen molar-refractivity contribution in [3.05, 3.63) is 0 Å². The first-order valence-corrected chi connectivity index (χ1v) is 5.40. The molecule has 0 aromatic rings. The zero-order valence-corrected chi connectivity index (χ0v) is 9.46. The third kappa shape index (κ3) is 2.70. The molecule has 5 atom stereocenters. The summed E-state index contributed by atoms with van der Waals surface area (Å²) in [6.45, 7) is 2.82. The fourth-order valence-electron chi connectivity index (χ4n) is 1.96. The van der Waals surface area contributed by atoms with Crippen LogP contribution < -0.4 is 5.32 Å². The van der Waals surface area contributed by atoms with E-state index in [1.807, 2.05) is 6.92 Å². The first-order valence-electron chi connectivity index (χ1n) is 5.40. The van der Waals surface area contributed by atoms with Crippen LogP contribution in [0, 0.1) is 0 Å². The average Bonchev–Trinajstić information content (AvgIpc) is 2.25. The smallest absolute Gasteiger partial charge is 0.217 e. The van der Waals surface area contributed by atoms with Crippen molar-refractivity contribution in [3.8, 4) is 0 Å². The first kappa shape index (κ1) is 13.4. The molecule has 4 N–H and O–H groups in total. The lowest BCUT2D eigenvalue weighted by Gasteiger charge is -2.42. The maximum atomic E-state index is 11.0. The molecule has 0 aromatic heterocycles. The topological polar surface area (TPSA) is 99.0 Å². The molecule has 0 unspecified atom stereocenters. The molecule has 16 heavy (non-hydrogen) atoms. The van der Waals surface area contributed by atoms with Gasteiger partial charge in [-0.25, -0.2) is 0 Å². The largest absolute Gasteiger partial charge is 0.394 e. The minimum atomic E-state index is -1.19. The molecule has 1 aliphatic heterocycles. The van der Waals surface area contributed by atoms with Gasteiger partial charge < -0.3 is 25.4 Å². The van der Waals surface area contributed by atoms with Crippen LogP contribution in [-0.4, -0.2) is 58.3 Å². The van der Waals surface area contributed by atoms with Crippen molar-refractivity contribution in [1.82, 2.24) is 5.32 Å². The second kappa shape index (κ2) is 5.58. The van der Waals surface area contributed by atoms with Gasteiger partial charge in [0.25, 0.3) is 0 Å². The van der Waals surface area contributed by atoms with Crippen LogP contribution in [0.4, 0.5) is 0 Å². The lowest BCUT2D eigenvalue weighted by Crippen LogP contribution is -2.63. The second-order valence-electron chi connectivity index (χ2n) is 4.01. The normalized spacial score (nSPS) is 39.4. The summed E-state index contributed by atoms with van der Waals surface area (Å²) >= 11 is 0. The van der Waals surface area contributed by atoms with Crippen molar-refractivity contribution in [3.63, 3.8) is 0 Å². The molecule has 0 aromatic carbocycles. The lowest BCUT2D eigenvalue weighted by molar-refractivity contribution is -0.195. The van der Waals surface area contributed by atoms with Gasteiger partial charge in [-0.3, -0.25) is 4.79 Å². The predicted octanol–water partition coefficient (Wildman–Crippen LogP) is -1.62. The molecule has 0 saturated carbocycles. The Hall–Kier alpha value is -0.690. The van der Waals surface area contributed by atoms with Crippen LogP contribution in [0.1, 0.15) is 20.3 Å². The Bertz CT molecular complexity index is 245. The molecule has 1 amide bonds. The Kier molecular flexibility index (Phi) is 4.67. The van der Waals surface area contributed by atoms with Crippen LogP contribution in [0.3, 0.4) is 0 Å². The van der Waals surface area contributed by atoms with Gasteiger partial charge in [-0.2, -0.15) is 0 Å². The van der Waals surface area contributed by atoms with Crippen LogP contribution in [0.5, 0.6) is 0 Å². The second-order valence-corrected chi connectivity index (χ2v) is 4.01. The maximum absolute atomic E-state index is 11.0. The van der Waals surface area contributed by atoms with Crippen molar-refractivity contribution in [2.45, 2.75) is 50.7 Å². The molecule has 1 aliphatic rings. The van der Waals surface area contributed by atoms with Gasteiger partial charge in [-0.1, -0.05) is 6.92 Å². The van der Waals surface area contributed by atoms with E-state index in [0.29, 0.717) is 6.42 Å². The molecule has 0 bridgehead atoms. The number of aliphatic hydroxyl groups excluding tert-OH is 3. The van der Waals surface area contributed by atoms with Gasteiger partial charge in [-0.15, -0.1) is 0 Å². The Labute approximate surface area is 94.2 Å². The van der Waals surface area contributed by atoms with Crippen LogP contribution in [-0.2, 0) is 9.53 Å². The van der Waals surface area contributed by atoms with Gasteiger partial charge in [-0.05, 0) is 6.42 Å². The summed E-state index contributed by atoms with van der Waals surface area (Å²) in [6.07, 6.45) is -2.94. The van der Waals surface area contributed by atoms with Crippen molar-refractivity contribution in [1.29, 1.82) is 0 Å². The molecular weight excluding hydrogens is 214 g/mol. The van der Waals surface area contributed by atoms with Gasteiger partial charge in [0, 0.05) is 6.92 Å². The average molecular weight is 233 g/mol. The van der Waals surface area contributed by atoms with Gasteiger partial charge >= 0.3 is 0 Å². The number of nitrogens with one attached hydrogen (secondary N) is 1. The van der Waals surface area contributed by atoms with Crippen molar-refractivity contribution in [2.24, 2.45) is 0 Å². The van der Waals surface area contributed by atoms with Crippen molar-refractivity contribution < 1.29 is 24.9 Å². The molecule has 94 valence electrons. The van der Waals surface area contributed by atoms with E-state index in [1.165, 1.54) is 6.92 Å². The predicted molar refractivity (Wildman–Crippen MR) is 55.7 cm³/mol. The molecule has 1 fully saturated rings. The molecule has 0 radical (unpaired) electrons. The summed E-state index contributed by atoms with van der Waals surface area (Å²) in [5, 5.41) is 31.0. The Balaban J connectivity index is 2.77. The van der Waals surface area contributed by atoms with E-state index in [1.54, 1.807) is 0 Å². The number of ether oxygens (including phenoxy) is 1. The zero-order valence-electron chi connectivity index (χ0n) is 9.46. The summed E-state index contributed by atoms with van der Waals surface area (Å²) in [4.78, 5) is 11.0. The summed E-state index contributed by atoms with van der Waals surface area (Å²) in [5.74, 6) is -0.291. The van der Waals surface area contributed by atoms with E-state index in [2.05, 4.69) is 5.32 Å². The summed E-state index contributed by atoms with van der Waals surface area (Å²) in [7, 11) is 0. The fourth-order valence-corrected chi connectivity index (χ4v) is 1.96. The third-order valence-corrected chi connectivity index (χ3v) is 2.80. The summed E-state index contributed by atoms with van der Waals surface area (Å²) in [5.41, 5.74) is 0. The molecule has 1 saturated heterocycles. The number of hydrogen-bond acceptors (Lipinski definition) is 5. The quantitative estimate of drug-likeness (QED) is 0.470. The molecule has 1 rings (SSSR count). The van der Waals surface area contributed by atoms with Crippen molar-refractivity contribution >= 4 is 5.91 Å². The molecule has 6 nitrogen and oxygen atoms in total. The fraction of sp³-hybridized carbons (Fsp3) is 0.900. The number of aliphatic hydroxyl groups is 3. The number of carbonyl (C=O) groups excluding carboxylic acids is 1. The van der Waals surface area contributed by atoms with E-state index < -0.39 is 30.5 Å². The number of carbonyl (C=O) groups is 1. The Morgan fingerprint density at radius 1 is 1.31 bits per heavy atom. The highest BCUT2D eigenvalue weighted by Crippen LogP contribution is 2.22. The van der Waals surface area contributed by atoms with Crippen LogP contribution in [0.2, 0.25) is 0 Å². The Morgan fingerprint density at radius 3 is 2.38 bits per heavy atom. The minimum Gasteiger partial charge on any atom is -0.394 e. The van der Waals surface area contributed by atoms with E-state index >= 15 is 0 Å². The van der Waals surface area contributed by atoms with Crippen LogP contribution in [0.15, 0.2) is 0 Å². The van der Waals surface area contributed by atoms with E-state index in [0.717, 1.165) is 0 Å². The highest BCUT2D eigenvalue weighted by atomic mass is 16.5. The maximum Gasteiger partial charge on any atom is 0.217 e. The molecule has 1 heterocycles. The molecule has 0 aliphatic carbocycles. The van der Waals surface area contributed by atoms with E-state index in [9.17, 15) is 15.0 Å². The number of hydrogen-bond donors (Lipinski definition) is 4. The summed E-state index contributed by atoms with van der Waals surface area (Å²) < 4.78 is 5.41. The SMILES string of the molecule is CC[C@H]1O[C@@H](CO)[C@H](O)[C@@H](O)[C@@H]1NC(C)=O. The van der Waals surface area contributed by atoms with Gasteiger partial charge in [0.1, 0.15) is 18.3 Å². The summed E-state index contributed by atoms with van der Waals surface area (Å²) in [6, 6.07) is -0.639. The van der Waals surface area contributed by atoms with Gasteiger partial charge in [0.2, 0.25) is 5.91 Å². The standard InChI is InChI=1S/C10H19NO5/c1-3-6-8(11-5(2)13)10(15)9(14)7(4-12)16-6/h6-10,12,14-15H,3-4H2,1-2H3,(H,11,13)/t6-,7+,8-,9+,10+/m1/s1. The minimum absolute atomic E-state index is 0.291. The highest BCUT2D eigenvalue weighted by molar-refractivity contribution is 5.73. The highest BCUT2D eigenvalue weighted by Gasteiger charge is 2.43. The van der Waals surface area contributed by atoms with E-state index in [4.69, 9.17) is 9.84 Å². The molecule has 0 spiro atoms. The van der Waals surface area contributed by atoms with E-state index in [-0.39, 0.29) is 12.5 Å². The monoisotopic (exact) mass is 233 g/mol. The van der Waals surface area contributed by atoms with Gasteiger partial charge in [0.05, 0.1) is 18.8 Å². The number of amides is 1. The van der Waals surface area contributed by atoms with Crippen LogP contribution >= 0.6 is 0 Å². The van der Waals surface area contributed by atoms with Crippen molar-refractivity contribution in [2.75, 3.05) is 6.61 Å². The lowest BCUT2D eigenvalue weighted by atomic mass is 9.91. The molecule has 6 heteroatoms. The first-order chi connectivity index (χ1) is 7.51. The van der Waals surface area contributed by atoms with Gasteiger partial charge in [0.15, 0.2) is 0 Å². The molecular formula is C10H19NO5. The van der Waals surface area contributed by atoms with Crippen LogP contribution in [0.25, 0.3) is 0 Å².